The second kappa shape index (κ2) is 14.6. The number of hydrogen-bond donors (Lipinski definition) is 0. The van der Waals surface area contributed by atoms with Crippen molar-refractivity contribution in [2.45, 2.75) is 79.1 Å². The van der Waals surface area contributed by atoms with Crippen LogP contribution in [0.3, 0.4) is 0 Å². The van der Waals surface area contributed by atoms with Crippen LogP contribution in [0, 0.1) is 0 Å². The molecule has 0 atom stereocenters. The molecule has 13 aromatic carbocycles. The largest absolute Gasteiger partial charge is 0.268 e. The van der Waals surface area contributed by atoms with Crippen LogP contribution in [0.15, 0.2) is 133 Å². The van der Waals surface area contributed by atoms with Crippen molar-refractivity contribution in [2.24, 2.45) is 0 Å². The Kier molecular flexibility index (Phi) is 8.51. The lowest BCUT2D eigenvalue weighted by Crippen LogP contribution is -2.41. The number of carbonyl (C=O) groups is 4. The average Bonchev–Trinajstić information content (AvgIpc) is 3.40. The zero-order valence-corrected chi connectivity index (χ0v) is 42.5. The maximum atomic E-state index is 14.9. The number of hydrogen-bond acceptors (Lipinski definition) is 4. The fourth-order valence-electron chi connectivity index (χ4n) is 14.0. The Bertz CT molecular complexity index is 4190. The minimum atomic E-state index is -0.283. The predicted molar refractivity (Wildman–Crippen MR) is 307 cm³/mol. The van der Waals surface area contributed by atoms with Gasteiger partial charge < -0.3 is 0 Å². The van der Waals surface area contributed by atoms with E-state index in [4.69, 9.17) is 0 Å². The van der Waals surface area contributed by atoms with Gasteiger partial charge in [0.2, 0.25) is 0 Å². The third kappa shape index (κ3) is 5.15. The lowest BCUT2D eigenvalue weighted by Gasteiger charge is -2.33. The summed E-state index contributed by atoms with van der Waals surface area (Å²) in [6.45, 7) is 16.9. The molecule has 0 bridgehead atoms. The Morgan fingerprint density at radius 3 is 0.608 bits per heavy atom. The van der Waals surface area contributed by atoms with E-state index < -0.39 is 0 Å². The quantitative estimate of drug-likeness (QED) is 0.0945. The van der Waals surface area contributed by atoms with Crippen LogP contribution in [0.4, 0.5) is 11.4 Å². The first kappa shape index (κ1) is 43.1. The van der Waals surface area contributed by atoms with Crippen LogP contribution < -0.4 is 9.80 Å². The summed E-state index contributed by atoms with van der Waals surface area (Å²) in [5.41, 5.74) is 7.56. The van der Waals surface area contributed by atoms with Crippen molar-refractivity contribution in [1.82, 2.24) is 0 Å². The minimum absolute atomic E-state index is 0.109. The highest BCUT2D eigenvalue weighted by Gasteiger charge is 2.40. The summed E-state index contributed by atoms with van der Waals surface area (Å²) in [5, 5.41) is 21.1. The van der Waals surface area contributed by atoms with Gasteiger partial charge in [-0.3, -0.25) is 19.2 Å². The number of benzene rings is 13. The number of carbonyl (C=O) groups excluding carboxylic acids is 4. The lowest BCUT2D eigenvalue weighted by molar-refractivity contribution is 0.0877. The first-order valence-corrected chi connectivity index (χ1v) is 26.2. The van der Waals surface area contributed by atoms with Gasteiger partial charge in [0.05, 0.1) is 11.4 Å². The van der Waals surface area contributed by atoms with Gasteiger partial charge in [-0.25, -0.2) is 9.80 Å². The van der Waals surface area contributed by atoms with Gasteiger partial charge in [-0.05, 0) is 167 Å². The fraction of sp³-hybridized carbons (Fsp3) is 0.176. The highest BCUT2D eigenvalue weighted by molar-refractivity contribution is 6.49. The van der Waals surface area contributed by atoms with E-state index in [0.717, 1.165) is 108 Å². The van der Waals surface area contributed by atoms with Gasteiger partial charge in [0.1, 0.15) is 0 Å². The molecule has 74 heavy (non-hydrogen) atoms. The smallest absolute Gasteiger partial charge is 0.266 e. The highest BCUT2D eigenvalue weighted by Crippen LogP contribution is 2.53. The lowest BCUT2D eigenvalue weighted by atomic mass is 9.80. The Labute approximate surface area is 426 Å². The van der Waals surface area contributed by atoms with E-state index in [1.165, 1.54) is 31.3 Å². The molecule has 0 saturated heterocycles. The molecule has 0 unspecified atom stereocenters. The standard InChI is InChI=1S/C68H50N2O4/c1-31(2)35-11-9-12-36(32(3)4)63(35)69-65(71)51-27-23-47-43-19-15-39-41-17-21-45-49-25-29-53-62-54(68(74)70(67(53)73)64-37(33(5)6)13-10-14-38(64)34(7)8)30-26-50(60(49)62)46-22-18-42(56(41)58(45)46)40-16-20-44(57(43)55(39)40)48-24-28-52(66(69)72)61(51)59(47)48/h9-34H,1-8H3. The number of imide groups is 2. The van der Waals surface area contributed by atoms with Crippen LogP contribution in [-0.2, 0) is 0 Å². The molecule has 15 rings (SSSR count). The summed E-state index contributed by atoms with van der Waals surface area (Å²) in [7, 11) is 0. The molecule has 0 aliphatic carbocycles. The fourth-order valence-corrected chi connectivity index (χ4v) is 14.0. The predicted octanol–water partition coefficient (Wildman–Crippen LogP) is 17.6. The zero-order chi connectivity index (χ0) is 50.7. The monoisotopic (exact) mass is 958 g/mol. The van der Waals surface area contributed by atoms with E-state index in [1.807, 2.05) is 60.7 Å². The van der Waals surface area contributed by atoms with Crippen LogP contribution in [0.5, 0.6) is 0 Å². The van der Waals surface area contributed by atoms with Crippen LogP contribution in [0.1, 0.15) is 143 Å². The Hall–Kier alpha value is -8.48. The topological polar surface area (TPSA) is 74.8 Å². The third-order valence-electron chi connectivity index (χ3n) is 17.2. The Balaban J connectivity index is 0.941. The Morgan fingerprint density at radius 1 is 0.243 bits per heavy atom. The number of rotatable bonds is 6. The molecule has 0 spiro atoms. The number of amides is 4. The first-order chi connectivity index (χ1) is 35.8. The second-order valence-corrected chi connectivity index (χ2v) is 22.4. The molecule has 0 N–H and O–H groups in total. The van der Waals surface area contributed by atoms with E-state index in [1.54, 1.807) is 0 Å². The molecule has 2 aliphatic rings. The third-order valence-corrected chi connectivity index (χ3v) is 17.2. The van der Waals surface area contributed by atoms with E-state index in [9.17, 15) is 19.2 Å². The van der Waals surface area contributed by atoms with Crippen molar-refractivity contribution in [3.05, 3.63) is 178 Å². The van der Waals surface area contributed by atoms with E-state index in [2.05, 4.69) is 128 Å². The molecule has 4 amide bonds. The minimum Gasteiger partial charge on any atom is -0.268 e. The molecule has 6 nitrogen and oxygen atoms in total. The van der Waals surface area contributed by atoms with Gasteiger partial charge in [-0.1, -0.05) is 165 Å². The molecule has 0 aromatic heterocycles. The molecule has 13 aromatic rings. The number of nitrogens with zero attached hydrogens (tertiary/aromatic N) is 2. The van der Waals surface area contributed by atoms with E-state index in [0.29, 0.717) is 33.6 Å². The van der Waals surface area contributed by atoms with Crippen LogP contribution in [-0.4, -0.2) is 23.6 Å². The highest BCUT2D eigenvalue weighted by atomic mass is 16.2. The van der Waals surface area contributed by atoms with Crippen molar-refractivity contribution in [3.8, 4) is 0 Å². The van der Waals surface area contributed by atoms with Gasteiger partial charge in [0.25, 0.3) is 23.6 Å². The van der Waals surface area contributed by atoms with Crippen molar-refractivity contribution in [2.75, 3.05) is 9.80 Å². The van der Waals surface area contributed by atoms with Crippen LogP contribution >= 0.6 is 0 Å². The summed E-state index contributed by atoms with van der Waals surface area (Å²) in [6, 6.07) is 46.4. The van der Waals surface area contributed by atoms with Gasteiger partial charge in [0, 0.05) is 33.0 Å². The van der Waals surface area contributed by atoms with Gasteiger partial charge in [-0.15, -0.1) is 0 Å². The summed E-state index contributed by atoms with van der Waals surface area (Å²) in [5.74, 6) is -0.697. The SMILES string of the molecule is CC(C)c1cccc(C(C)C)c1N1C(=O)c2ccc3c4ccc5c6ccc7c8ccc9c%10c(ccc(c%11ccc(c%12ccc(c%13ccc(c2c3%13)C1=O)c4c5%12)c6c7%11)c%108)C(=O)N(c1c(C(C)C)cccc1C(C)C)C9=O. The average molecular weight is 959 g/mol. The zero-order valence-electron chi connectivity index (χ0n) is 42.5. The van der Waals surface area contributed by atoms with Crippen molar-refractivity contribution < 1.29 is 19.2 Å². The summed E-state index contributed by atoms with van der Waals surface area (Å²) < 4.78 is 0. The summed E-state index contributed by atoms with van der Waals surface area (Å²) in [6.07, 6.45) is 0. The van der Waals surface area contributed by atoms with Crippen molar-refractivity contribution >= 4 is 143 Å². The van der Waals surface area contributed by atoms with Crippen LogP contribution in [0.25, 0.3) is 108 Å². The summed E-state index contributed by atoms with van der Waals surface area (Å²) in [4.78, 5) is 62.6. The maximum Gasteiger partial charge on any atom is 0.266 e. The number of para-hydroxylation sites is 2. The Morgan fingerprint density at radius 2 is 0.419 bits per heavy atom. The molecular weight excluding hydrogens is 909 g/mol. The van der Waals surface area contributed by atoms with Gasteiger partial charge in [0.15, 0.2) is 0 Å². The molecular formula is C68H50N2O4. The molecule has 6 heteroatoms. The molecule has 2 heterocycles. The van der Waals surface area contributed by atoms with Gasteiger partial charge >= 0.3 is 0 Å². The number of fused-ring (bicyclic) bond motifs is 6. The first-order valence-electron chi connectivity index (χ1n) is 26.2. The van der Waals surface area contributed by atoms with Crippen molar-refractivity contribution in [3.63, 3.8) is 0 Å². The second-order valence-electron chi connectivity index (χ2n) is 22.4. The molecule has 0 fully saturated rings. The van der Waals surface area contributed by atoms with E-state index in [-0.39, 0.29) is 47.3 Å². The molecule has 356 valence electrons. The summed E-state index contributed by atoms with van der Waals surface area (Å²) >= 11 is 0. The van der Waals surface area contributed by atoms with Crippen molar-refractivity contribution in [1.29, 1.82) is 0 Å². The van der Waals surface area contributed by atoms with Crippen LogP contribution in [0.2, 0.25) is 0 Å². The number of anilines is 2. The molecule has 0 radical (unpaired) electrons. The normalized spacial score (nSPS) is 14.5. The maximum absolute atomic E-state index is 14.9. The van der Waals surface area contributed by atoms with Gasteiger partial charge in [-0.2, -0.15) is 0 Å². The van der Waals surface area contributed by atoms with E-state index >= 15 is 0 Å². The molecule has 2 aliphatic heterocycles. The molecule has 0 saturated carbocycles.